The molecule has 0 aliphatic carbocycles. The van der Waals surface area contributed by atoms with E-state index in [1.165, 1.54) is 0 Å². The second kappa shape index (κ2) is 7.36. The predicted molar refractivity (Wildman–Crippen MR) is 103 cm³/mol. The Morgan fingerprint density at radius 1 is 1.26 bits per heavy atom. The van der Waals surface area contributed by atoms with E-state index in [9.17, 15) is 4.79 Å². The van der Waals surface area contributed by atoms with Crippen molar-refractivity contribution < 1.29 is 4.79 Å². The summed E-state index contributed by atoms with van der Waals surface area (Å²) >= 11 is 0. The van der Waals surface area contributed by atoms with Crippen LogP contribution >= 0.6 is 0 Å². The van der Waals surface area contributed by atoms with E-state index in [-0.39, 0.29) is 5.91 Å². The van der Waals surface area contributed by atoms with E-state index >= 15 is 0 Å². The zero-order valence-electron chi connectivity index (χ0n) is 15.7. The Labute approximate surface area is 158 Å². The minimum Gasteiger partial charge on any atom is -0.346 e. The SMILES string of the molecule is CC(C)N1CCn2nc(C(=O)NCc3ccccc3-n3ccnc3)cc2C1. The molecule has 2 aromatic heterocycles. The molecule has 0 fully saturated rings. The average molecular weight is 364 g/mol. The Morgan fingerprint density at radius 3 is 2.89 bits per heavy atom. The molecule has 3 heterocycles. The highest BCUT2D eigenvalue weighted by molar-refractivity contribution is 5.92. The summed E-state index contributed by atoms with van der Waals surface area (Å²) in [5.74, 6) is -0.145. The highest BCUT2D eigenvalue weighted by atomic mass is 16.1. The summed E-state index contributed by atoms with van der Waals surface area (Å²) in [7, 11) is 0. The first-order chi connectivity index (χ1) is 13.1. The quantitative estimate of drug-likeness (QED) is 0.754. The molecule has 7 heteroatoms. The lowest BCUT2D eigenvalue weighted by Gasteiger charge is -2.30. The van der Waals surface area contributed by atoms with E-state index in [2.05, 4.69) is 34.1 Å². The first-order valence-electron chi connectivity index (χ1n) is 9.27. The van der Waals surface area contributed by atoms with Crippen molar-refractivity contribution in [2.24, 2.45) is 0 Å². The molecule has 27 heavy (non-hydrogen) atoms. The Hall–Kier alpha value is -2.93. The number of imidazole rings is 1. The van der Waals surface area contributed by atoms with Crippen molar-refractivity contribution >= 4 is 5.91 Å². The van der Waals surface area contributed by atoms with Crippen molar-refractivity contribution in [2.75, 3.05) is 6.54 Å². The smallest absolute Gasteiger partial charge is 0.272 e. The van der Waals surface area contributed by atoms with E-state index in [1.54, 1.807) is 12.5 Å². The molecule has 0 bridgehead atoms. The largest absolute Gasteiger partial charge is 0.346 e. The van der Waals surface area contributed by atoms with Crippen LogP contribution in [0, 0.1) is 0 Å². The van der Waals surface area contributed by atoms with E-state index < -0.39 is 0 Å². The lowest BCUT2D eigenvalue weighted by Crippen LogP contribution is -2.38. The third kappa shape index (κ3) is 3.64. The van der Waals surface area contributed by atoms with E-state index in [0.29, 0.717) is 18.3 Å². The van der Waals surface area contributed by atoms with Crippen molar-refractivity contribution in [3.8, 4) is 5.69 Å². The molecule has 1 N–H and O–H groups in total. The van der Waals surface area contributed by atoms with Crippen LogP contribution in [0.15, 0.2) is 49.1 Å². The monoisotopic (exact) mass is 364 g/mol. The minimum absolute atomic E-state index is 0.145. The zero-order valence-corrected chi connectivity index (χ0v) is 15.7. The maximum atomic E-state index is 12.6. The number of aromatic nitrogens is 4. The number of fused-ring (bicyclic) bond motifs is 1. The van der Waals surface area contributed by atoms with Gasteiger partial charge >= 0.3 is 0 Å². The van der Waals surface area contributed by atoms with Gasteiger partial charge in [0.1, 0.15) is 0 Å². The number of nitrogens with one attached hydrogen (secondary N) is 1. The number of carbonyl (C=O) groups excluding carboxylic acids is 1. The lowest BCUT2D eigenvalue weighted by molar-refractivity contribution is 0.0944. The second-order valence-corrected chi connectivity index (χ2v) is 7.09. The van der Waals surface area contributed by atoms with Gasteiger partial charge in [-0.1, -0.05) is 18.2 Å². The molecular formula is C20H24N6O. The highest BCUT2D eigenvalue weighted by Crippen LogP contribution is 2.17. The van der Waals surface area contributed by atoms with Gasteiger partial charge in [-0.25, -0.2) is 4.98 Å². The second-order valence-electron chi connectivity index (χ2n) is 7.09. The van der Waals surface area contributed by atoms with Gasteiger partial charge < -0.3 is 9.88 Å². The van der Waals surface area contributed by atoms with Crippen molar-refractivity contribution in [1.82, 2.24) is 29.5 Å². The maximum absolute atomic E-state index is 12.6. The van der Waals surface area contributed by atoms with E-state index in [4.69, 9.17) is 0 Å². The van der Waals surface area contributed by atoms with Gasteiger partial charge in [-0.15, -0.1) is 0 Å². The minimum atomic E-state index is -0.145. The number of rotatable bonds is 5. The summed E-state index contributed by atoms with van der Waals surface area (Å²) in [6, 6.07) is 10.4. The Morgan fingerprint density at radius 2 is 2.11 bits per heavy atom. The standard InChI is InChI=1S/C20H24N6O/c1-15(2)24-9-10-26-17(13-24)11-18(23-26)20(27)22-12-16-5-3-4-6-19(16)25-8-7-21-14-25/h3-8,11,14-15H,9-10,12-13H2,1-2H3,(H,22,27). The molecule has 0 atom stereocenters. The van der Waals surface area contributed by atoms with E-state index in [1.807, 2.05) is 45.8 Å². The Balaban J connectivity index is 1.46. The lowest BCUT2D eigenvalue weighted by atomic mass is 10.1. The summed E-state index contributed by atoms with van der Waals surface area (Å²) in [6.07, 6.45) is 5.39. The summed E-state index contributed by atoms with van der Waals surface area (Å²) in [6.45, 7) is 7.44. The van der Waals surface area contributed by atoms with Gasteiger partial charge in [-0.2, -0.15) is 5.10 Å². The molecule has 1 amide bonds. The van der Waals surface area contributed by atoms with Crippen LogP contribution in [0.25, 0.3) is 5.69 Å². The fourth-order valence-electron chi connectivity index (χ4n) is 3.42. The molecule has 3 aromatic rings. The first-order valence-corrected chi connectivity index (χ1v) is 9.27. The van der Waals surface area contributed by atoms with Gasteiger partial charge in [0.25, 0.3) is 5.91 Å². The first kappa shape index (κ1) is 17.5. The van der Waals surface area contributed by atoms with Crippen molar-refractivity contribution in [2.45, 2.75) is 39.5 Å². The molecule has 0 spiro atoms. The summed E-state index contributed by atoms with van der Waals surface area (Å²) in [5, 5.41) is 7.49. The molecule has 0 unspecified atom stereocenters. The molecule has 140 valence electrons. The molecule has 1 aliphatic rings. The number of para-hydroxylation sites is 1. The van der Waals surface area contributed by atoms with Crippen LogP contribution in [-0.4, -0.2) is 42.7 Å². The number of benzene rings is 1. The van der Waals surface area contributed by atoms with Crippen molar-refractivity contribution in [1.29, 1.82) is 0 Å². The van der Waals surface area contributed by atoms with Crippen LogP contribution < -0.4 is 5.32 Å². The maximum Gasteiger partial charge on any atom is 0.272 e. The number of hydrogen-bond donors (Lipinski definition) is 1. The Kier molecular flexibility index (Phi) is 4.77. The molecule has 1 aliphatic heterocycles. The van der Waals surface area contributed by atoms with Gasteiger partial charge in [-0.3, -0.25) is 14.4 Å². The topological polar surface area (TPSA) is 68.0 Å². The summed E-state index contributed by atoms with van der Waals surface area (Å²) in [5.41, 5.74) is 3.61. The van der Waals surface area contributed by atoms with Crippen LogP contribution in [0.3, 0.4) is 0 Å². The fraction of sp³-hybridized carbons (Fsp3) is 0.350. The molecular weight excluding hydrogens is 340 g/mol. The predicted octanol–water partition coefficient (Wildman–Crippen LogP) is 2.22. The molecule has 0 radical (unpaired) electrons. The number of carbonyl (C=O) groups is 1. The molecule has 0 saturated heterocycles. The van der Waals surface area contributed by atoms with Gasteiger partial charge in [0.2, 0.25) is 0 Å². The molecule has 0 saturated carbocycles. The molecule has 7 nitrogen and oxygen atoms in total. The highest BCUT2D eigenvalue weighted by Gasteiger charge is 2.22. The molecule has 4 rings (SSSR count). The van der Waals surface area contributed by atoms with E-state index in [0.717, 1.165) is 36.6 Å². The number of nitrogens with zero attached hydrogens (tertiary/aromatic N) is 5. The van der Waals surface area contributed by atoms with Crippen molar-refractivity contribution in [3.05, 3.63) is 66.0 Å². The van der Waals surface area contributed by atoms with Gasteiger partial charge in [0.15, 0.2) is 5.69 Å². The van der Waals surface area contributed by atoms with Crippen LogP contribution in [0.5, 0.6) is 0 Å². The van der Waals surface area contributed by atoms with Gasteiger partial charge in [0.05, 0.1) is 24.3 Å². The molecule has 1 aromatic carbocycles. The summed E-state index contributed by atoms with van der Waals surface area (Å²) < 4.78 is 3.89. The van der Waals surface area contributed by atoms with Crippen LogP contribution in [0.1, 0.15) is 35.6 Å². The van der Waals surface area contributed by atoms with Crippen LogP contribution in [0.4, 0.5) is 0 Å². The third-order valence-electron chi connectivity index (χ3n) is 5.00. The fourth-order valence-corrected chi connectivity index (χ4v) is 3.42. The normalized spacial score (nSPS) is 14.3. The number of hydrogen-bond acceptors (Lipinski definition) is 4. The van der Waals surface area contributed by atoms with Crippen LogP contribution in [-0.2, 0) is 19.6 Å². The number of amides is 1. The van der Waals surface area contributed by atoms with Gasteiger partial charge in [0, 0.05) is 38.1 Å². The summed E-state index contributed by atoms with van der Waals surface area (Å²) in [4.78, 5) is 19.1. The third-order valence-corrected chi connectivity index (χ3v) is 5.00. The van der Waals surface area contributed by atoms with Crippen molar-refractivity contribution in [3.63, 3.8) is 0 Å². The van der Waals surface area contributed by atoms with Gasteiger partial charge in [-0.05, 0) is 31.5 Å². The van der Waals surface area contributed by atoms with Crippen LogP contribution in [0.2, 0.25) is 0 Å². The Bertz CT molecular complexity index is 928. The zero-order chi connectivity index (χ0) is 18.8. The average Bonchev–Trinajstić information content (AvgIpc) is 3.35.